The second kappa shape index (κ2) is 6.18. The molecule has 0 aliphatic rings. The van der Waals surface area contributed by atoms with E-state index in [9.17, 15) is 14.0 Å². The number of carbonyl (C=O) groups is 2. The van der Waals surface area contributed by atoms with E-state index in [-0.39, 0.29) is 10.7 Å². The maximum atomic E-state index is 13.4. The van der Waals surface area contributed by atoms with Crippen LogP contribution in [0.15, 0.2) is 18.2 Å². The van der Waals surface area contributed by atoms with Crippen LogP contribution in [-0.4, -0.2) is 34.9 Å². The van der Waals surface area contributed by atoms with Gasteiger partial charge in [0.2, 0.25) is 0 Å². The highest BCUT2D eigenvalue weighted by Crippen LogP contribution is 2.21. The normalized spacial score (nSPS) is 11.7. The topological polar surface area (TPSA) is 98.7 Å². The van der Waals surface area contributed by atoms with Gasteiger partial charge in [-0.2, -0.15) is 0 Å². The van der Waals surface area contributed by atoms with E-state index < -0.39 is 30.5 Å². The first-order valence-corrected chi connectivity index (χ1v) is 5.18. The maximum absolute atomic E-state index is 13.4. The van der Waals surface area contributed by atoms with E-state index >= 15 is 0 Å². The van der Waals surface area contributed by atoms with Crippen molar-refractivity contribution in [2.45, 2.75) is 6.04 Å². The van der Waals surface area contributed by atoms with Gasteiger partial charge in [-0.05, 0) is 12.1 Å². The van der Waals surface area contributed by atoms with E-state index in [0.29, 0.717) is 0 Å². The lowest BCUT2D eigenvalue weighted by molar-refractivity contribution is -0.140. The number of urea groups is 1. The zero-order valence-electron chi connectivity index (χ0n) is 8.98. The van der Waals surface area contributed by atoms with Crippen molar-refractivity contribution in [2.24, 2.45) is 0 Å². The number of rotatable bonds is 4. The molecule has 18 heavy (non-hydrogen) atoms. The van der Waals surface area contributed by atoms with Gasteiger partial charge < -0.3 is 20.8 Å². The molecule has 0 bridgehead atoms. The molecule has 0 aliphatic carbocycles. The van der Waals surface area contributed by atoms with E-state index in [2.05, 4.69) is 5.32 Å². The molecule has 1 rings (SSSR count). The number of nitrogens with one attached hydrogen (secondary N) is 2. The number of aliphatic carboxylic acids is 1. The van der Waals surface area contributed by atoms with Gasteiger partial charge in [-0.1, -0.05) is 17.7 Å². The molecule has 0 saturated carbocycles. The van der Waals surface area contributed by atoms with Crippen LogP contribution in [0.25, 0.3) is 0 Å². The molecule has 0 aromatic heterocycles. The quantitative estimate of drug-likeness (QED) is 0.660. The van der Waals surface area contributed by atoms with Crippen molar-refractivity contribution in [2.75, 3.05) is 11.9 Å². The molecule has 1 atom stereocenters. The van der Waals surface area contributed by atoms with E-state index in [1.165, 1.54) is 18.2 Å². The molecule has 0 saturated heterocycles. The molecule has 1 aromatic carbocycles. The number of amides is 2. The number of hydrogen-bond donors (Lipinski definition) is 4. The number of hydrogen-bond acceptors (Lipinski definition) is 3. The molecule has 1 unspecified atom stereocenters. The van der Waals surface area contributed by atoms with Gasteiger partial charge in [0.1, 0.15) is 0 Å². The van der Waals surface area contributed by atoms with Crippen LogP contribution in [0.5, 0.6) is 0 Å². The molecule has 0 spiro atoms. The Morgan fingerprint density at radius 3 is 2.67 bits per heavy atom. The Hall–Kier alpha value is -1.86. The second-order valence-corrected chi connectivity index (χ2v) is 3.68. The van der Waals surface area contributed by atoms with Crippen LogP contribution in [0.1, 0.15) is 0 Å². The Kier molecular flexibility index (Phi) is 4.87. The Labute approximate surface area is 106 Å². The highest BCUT2D eigenvalue weighted by atomic mass is 35.5. The van der Waals surface area contributed by atoms with Gasteiger partial charge in [0.25, 0.3) is 0 Å². The van der Waals surface area contributed by atoms with Crippen LogP contribution >= 0.6 is 11.6 Å². The molecule has 4 N–H and O–H groups in total. The fraction of sp³-hybridized carbons (Fsp3) is 0.200. The highest BCUT2D eigenvalue weighted by molar-refractivity contribution is 6.31. The highest BCUT2D eigenvalue weighted by Gasteiger charge is 2.19. The van der Waals surface area contributed by atoms with Crippen molar-refractivity contribution in [3.8, 4) is 0 Å². The third-order valence-electron chi connectivity index (χ3n) is 1.99. The Bertz CT molecular complexity index is 469. The van der Waals surface area contributed by atoms with Gasteiger partial charge >= 0.3 is 12.0 Å². The first-order chi connectivity index (χ1) is 8.45. The van der Waals surface area contributed by atoms with Crippen LogP contribution in [0, 0.1) is 5.82 Å². The predicted molar refractivity (Wildman–Crippen MR) is 62.1 cm³/mol. The number of aliphatic hydroxyl groups excluding tert-OH is 1. The zero-order valence-corrected chi connectivity index (χ0v) is 9.74. The summed E-state index contributed by atoms with van der Waals surface area (Å²) in [5.41, 5.74) is -0.193. The predicted octanol–water partition coefficient (Wildman–Crippen LogP) is 1.05. The van der Waals surface area contributed by atoms with Crippen molar-refractivity contribution in [3.63, 3.8) is 0 Å². The molecule has 2 amide bonds. The van der Waals surface area contributed by atoms with Crippen molar-refractivity contribution in [1.29, 1.82) is 0 Å². The van der Waals surface area contributed by atoms with Crippen LogP contribution in [0.3, 0.4) is 0 Å². The van der Waals surface area contributed by atoms with Crippen LogP contribution < -0.4 is 10.6 Å². The van der Waals surface area contributed by atoms with Gasteiger partial charge in [0.05, 0.1) is 17.3 Å². The molecular formula is C10H10ClFN2O4. The minimum Gasteiger partial charge on any atom is -0.480 e. The average Bonchev–Trinajstić information content (AvgIpc) is 2.31. The smallest absolute Gasteiger partial charge is 0.328 e. The summed E-state index contributed by atoms with van der Waals surface area (Å²) in [5, 5.41) is 21.1. The summed E-state index contributed by atoms with van der Waals surface area (Å²) in [5.74, 6) is -2.23. The monoisotopic (exact) mass is 276 g/mol. The van der Waals surface area contributed by atoms with Crippen LogP contribution in [0.2, 0.25) is 5.02 Å². The van der Waals surface area contributed by atoms with Crippen LogP contribution in [0.4, 0.5) is 14.9 Å². The summed E-state index contributed by atoms with van der Waals surface area (Å²) in [6, 6.07) is 1.55. The van der Waals surface area contributed by atoms with Crippen molar-refractivity contribution in [3.05, 3.63) is 29.0 Å². The fourth-order valence-electron chi connectivity index (χ4n) is 1.10. The Morgan fingerprint density at radius 2 is 2.11 bits per heavy atom. The summed E-state index contributed by atoms with van der Waals surface area (Å²) in [4.78, 5) is 21.9. The number of aliphatic hydroxyl groups is 1. The van der Waals surface area contributed by atoms with Gasteiger partial charge in [-0.25, -0.2) is 14.0 Å². The summed E-state index contributed by atoms with van der Waals surface area (Å²) in [6.07, 6.45) is 0. The molecule has 8 heteroatoms. The van der Waals surface area contributed by atoms with Gasteiger partial charge in [0.15, 0.2) is 11.9 Å². The zero-order chi connectivity index (χ0) is 13.7. The van der Waals surface area contributed by atoms with Gasteiger partial charge in [0, 0.05) is 0 Å². The molecule has 1 aromatic rings. The van der Waals surface area contributed by atoms with Gasteiger partial charge in [-0.3, -0.25) is 0 Å². The maximum Gasteiger partial charge on any atom is 0.328 e. The lowest BCUT2D eigenvalue weighted by atomic mass is 10.3. The number of anilines is 1. The number of carboxylic acids is 1. The fourth-order valence-corrected chi connectivity index (χ4v) is 1.28. The van der Waals surface area contributed by atoms with Crippen LogP contribution in [-0.2, 0) is 4.79 Å². The average molecular weight is 277 g/mol. The second-order valence-electron chi connectivity index (χ2n) is 3.27. The van der Waals surface area contributed by atoms with E-state index in [1.807, 2.05) is 5.32 Å². The SMILES string of the molecule is O=C(Nc1cccc(Cl)c1F)NC(CO)C(=O)O. The Morgan fingerprint density at radius 1 is 1.44 bits per heavy atom. The molecule has 0 heterocycles. The Balaban J connectivity index is 2.70. The minimum absolute atomic E-state index is 0.176. The molecule has 98 valence electrons. The number of carbonyl (C=O) groups excluding carboxylic acids is 1. The third kappa shape index (κ3) is 3.57. The summed E-state index contributed by atoms with van der Waals surface area (Å²) < 4.78 is 13.4. The lowest BCUT2D eigenvalue weighted by Gasteiger charge is -2.13. The molecular weight excluding hydrogens is 267 g/mol. The van der Waals surface area contributed by atoms with Crippen molar-refractivity contribution < 1.29 is 24.2 Å². The summed E-state index contributed by atoms with van der Waals surface area (Å²) in [7, 11) is 0. The van der Waals surface area contributed by atoms with Gasteiger partial charge in [-0.15, -0.1) is 0 Å². The third-order valence-corrected chi connectivity index (χ3v) is 2.28. The standard InChI is InChI=1S/C10H10ClFN2O4/c11-5-2-1-3-6(8(5)12)13-10(18)14-7(4-15)9(16)17/h1-3,7,15H,4H2,(H,16,17)(H2,13,14,18). The molecule has 6 nitrogen and oxygen atoms in total. The first kappa shape index (κ1) is 14.2. The van der Waals surface area contributed by atoms with Crippen molar-refractivity contribution >= 4 is 29.3 Å². The minimum atomic E-state index is -1.47. The van der Waals surface area contributed by atoms with E-state index in [4.69, 9.17) is 21.8 Å². The number of carboxylic acid groups (broad SMARTS) is 1. The molecule has 0 radical (unpaired) electrons. The van der Waals surface area contributed by atoms with Crippen molar-refractivity contribution in [1.82, 2.24) is 5.32 Å². The summed E-state index contributed by atoms with van der Waals surface area (Å²) >= 11 is 5.50. The largest absolute Gasteiger partial charge is 0.480 e. The lowest BCUT2D eigenvalue weighted by Crippen LogP contribution is -2.45. The van der Waals surface area contributed by atoms with E-state index in [0.717, 1.165) is 0 Å². The van der Waals surface area contributed by atoms with E-state index in [1.54, 1.807) is 0 Å². The first-order valence-electron chi connectivity index (χ1n) is 4.81. The number of benzene rings is 1. The molecule has 0 fully saturated rings. The molecule has 0 aliphatic heterocycles. The number of halogens is 2. The summed E-state index contributed by atoms with van der Waals surface area (Å²) in [6.45, 7) is -0.777.